The van der Waals surface area contributed by atoms with Crippen LogP contribution in [-0.2, 0) is 0 Å². The molecular formula is C17H25N5O3S. The lowest BCUT2D eigenvalue weighted by Crippen LogP contribution is -2.35. The van der Waals surface area contributed by atoms with Gasteiger partial charge in [0.2, 0.25) is 0 Å². The number of nitrogens with two attached hydrogens (primary N) is 1. The van der Waals surface area contributed by atoms with E-state index >= 15 is 0 Å². The third-order valence-corrected chi connectivity index (χ3v) is 6.70. The van der Waals surface area contributed by atoms with Crippen LogP contribution < -0.4 is 5.73 Å². The molecule has 0 bridgehead atoms. The average Bonchev–Trinajstić information content (AvgIpc) is 3.11. The molecule has 0 spiro atoms. The van der Waals surface area contributed by atoms with Crippen molar-refractivity contribution in [2.24, 2.45) is 17.3 Å². The lowest BCUT2D eigenvalue weighted by molar-refractivity contribution is -0.0300. The Kier molecular flexibility index (Phi) is 4.37. The fourth-order valence-corrected chi connectivity index (χ4v) is 5.22. The summed E-state index contributed by atoms with van der Waals surface area (Å²) in [6, 6.07) is -0.370. The molecule has 2 aromatic rings. The second-order valence-electron chi connectivity index (χ2n) is 7.87. The molecule has 142 valence electrons. The van der Waals surface area contributed by atoms with Crippen molar-refractivity contribution in [3.05, 3.63) is 6.33 Å². The van der Waals surface area contributed by atoms with Crippen molar-refractivity contribution < 1.29 is 15.3 Å². The average molecular weight is 379 g/mol. The van der Waals surface area contributed by atoms with Crippen LogP contribution in [0.4, 0.5) is 5.82 Å². The Bertz CT molecular complexity index is 828. The molecule has 4 rings (SSSR count). The van der Waals surface area contributed by atoms with E-state index in [4.69, 9.17) is 5.73 Å². The van der Waals surface area contributed by atoms with Gasteiger partial charge in [-0.2, -0.15) is 0 Å². The zero-order valence-corrected chi connectivity index (χ0v) is 15.7. The number of anilines is 1. The molecule has 9 heteroatoms. The number of imidazole rings is 1. The first kappa shape index (κ1) is 18.0. The molecule has 8 nitrogen and oxygen atoms in total. The summed E-state index contributed by atoms with van der Waals surface area (Å²) < 4.78 is 1.79. The first-order chi connectivity index (χ1) is 12.4. The maximum absolute atomic E-state index is 10.5. The molecule has 0 aliphatic heterocycles. The van der Waals surface area contributed by atoms with Gasteiger partial charge in [-0.05, 0) is 24.7 Å². The largest absolute Gasteiger partial charge is 0.396 e. The number of rotatable bonds is 6. The number of hydrogen-bond donors (Lipinski definition) is 4. The van der Waals surface area contributed by atoms with E-state index in [9.17, 15) is 15.3 Å². The smallest absolute Gasteiger partial charge is 0.191 e. The Balaban J connectivity index is 1.67. The number of aliphatic hydroxyl groups is 3. The molecule has 2 aromatic heterocycles. The molecule has 0 aromatic carbocycles. The zero-order chi connectivity index (χ0) is 18.6. The maximum Gasteiger partial charge on any atom is 0.191 e. The number of thioether (sulfide) groups is 1. The van der Waals surface area contributed by atoms with Gasteiger partial charge < -0.3 is 25.6 Å². The van der Waals surface area contributed by atoms with Crippen molar-refractivity contribution in [2.45, 2.75) is 50.1 Å². The number of aromatic nitrogens is 4. The van der Waals surface area contributed by atoms with Crippen LogP contribution in [0, 0.1) is 17.3 Å². The van der Waals surface area contributed by atoms with Gasteiger partial charge in [0.15, 0.2) is 16.6 Å². The zero-order valence-electron chi connectivity index (χ0n) is 14.9. The van der Waals surface area contributed by atoms with Crippen LogP contribution in [0.2, 0.25) is 0 Å². The fourth-order valence-electron chi connectivity index (χ4n) is 4.14. The number of nitrogens with zero attached hydrogens (tertiary/aromatic N) is 4. The molecule has 0 amide bonds. The molecule has 2 aliphatic carbocycles. The maximum atomic E-state index is 10.5. The van der Waals surface area contributed by atoms with Gasteiger partial charge in [0.1, 0.15) is 11.6 Å². The van der Waals surface area contributed by atoms with Crippen LogP contribution in [0.1, 0.15) is 32.7 Å². The highest BCUT2D eigenvalue weighted by Gasteiger charge is 2.71. The lowest BCUT2D eigenvalue weighted by Gasteiger charge is -2.23. The van der Waals surface area contributed by atoms with Crippen molar-refractivity contribution in [3.63, 3.8) is 0 Å². The van der Waals surface area contributed by atoms with Gasteiger partial charge in [-0.25, -0.2) is 15.0 Å². The predicted molar refractivity (Wildman–Crippen MR) is 98.6 cm³/mol. The summed E-state index contributed by atoms with van der Waals surface area (Å²) in [5, 5.41) is 31.2. The van der Waals surface area contributed by atoms with Gasteiger partial charge in [0.05, 0.1) is 25.1 Å². The van der Waals surface area contributed by atoms with Crippen LogP contribution in [0.25, 0.3) is 11.2 Å². The Morgan fingerprint density at radius 1 is 1.38 bits per heavy atom. The van der Waals surface area contributed by atoms with Gasteiger partial charge in [-0.1, -0.05) is 25.6 Å². The van der Waals surface area contributed by atoms with Crippen molar-refractivity contribution in [1.29, 1.82) is 0 Å². The third-order valence-electron chi connectivity index (χ3n) is 5.82. The van der Waals surface area contributed by atoms with Gasteiger partial charge in [0.25, 0.3) is 0 Å². The quantitative estimate of drug-likeness (QED) is 0.429. The van der Waals surface area contributed by atoms with Crippen LogP contribution in [0.5, 0.6) is 0 Å². The summed E-state index contributed by atoms with van der Waals surface area (Å²) in [4.78, 5) is 13.3. The van der Waals surface area contributed by atoms with Crippen molar-refractivity contribution in [3.8, 4) is 0 Å². The summed E-state index contributed by atoms with van der Waals surface area (Å²) in [7, 11) is 0. The Morgan fingerprint density at radius 2 is 2.15 bits per heavy atom. The normalized spacial score (nSPS) is 33.2. The minimum absolute atomic E-state index is 0.00290. The molecule has 2 fully saturated rings. The van der Waals surface area contributed by atoms with E-state index in [1.165, 1.54) is 0 Å². The van der Waals surface area contributed by atoms with Crippen molar-refractivity contribution in [2.75, 3.05) is 18.1 Å². The molecule has 2 aliphatic rings. The highest BCUT2D eigenvalue weighted by molar-refractivity contribution is 7.99. The fraction of sp³-hybridized carbons (Fsp3) is 0.706. The van der Waals surface area contributed by atoms with E-state index in [0.717, 1.165) is 12.2 Å². The van der Waals surface area contributed by atoms with Crippen molar-refractivity contribution in [1.82, 2.24) is 19.5 Å². The van der Waals surface area contributed by atoms with Gasteiger partial charge in [-0.3, -0.25) is 0 Å². The number of fused-ring (bicyclic) bond motifs is 2. The predicted octanol–water partition coefficient (Wildman–Crippen LogP) is 0.822. The number of aliphatic hydroxyl groups excluding tert-OH is 3. The van der Waals surface area contributed by atoms with Crippen LogP contribution >= 0.6 is 11.8 Å². The summed E-state index contributed by atoms with van der Waals surface area (Å²) in [6.07, 6.45) is 1.43. The summed E-state index contributed by atoms with van der Waals surface area (Å²) in [5.74, 6) is 1.82. The molecular weight excluding hydrogens is 354 g/mol. The standard InChI is InChI=1S/C17H25N5O3S/c1-8(2)3-4-26-16-20-14(18)10-15(21-16)22(7-19-10)11-9-5-17(9,6-23)13(25)12(11)24/h7-9,11-13,23-25H,3-6H2,1-2H3,(H2,18,20,21)/t9-,11-,12?,13?,17+/m1/s1. The van der Waals surface area contributed by atoms with E-state index in [0.29, 0.717) is 34.5 Å². The van der Waals surface area contributed by atoms with E-state index in [1.807, 2.05) is 0 Å². The molecule has 2 unspecified atom stereocenters. The molecule has 2 saturated carbocycles. The van der Waals surface area contributed by atoms with Crippen LogP contribution in [-0.4, -0.2) is 59.4 Å². The van der Waals surface area contributed by atoms with E-state index in [2.05, 4.69) is 28.8 Å². The molecule has 0 saturated heterocycles. The monoisotopic (exact) mass is 379 g/mol. The highest BCUT2D eigenvalue weighted by atomic mass is 32.2. The molecule has 5 N–H and O–H groups in total. The van der Waals surface area contributed by atoms with E-state index < -0.39 is 17.6 Å². The van der Waals surface area contributed by atoms with Crippen LogP contribution in [0.15, 0.2) is 11.5 Å². The molecule has 5 atom stereocenters. The second kappa shape index (κ2) is 6.33. The Morgan fingerprint density at radius 3 is 2.81 bits per heavy atom. The van der Waals surface area contributed by atoms with Crippen molar-refractivity contribution >= 4 is 28.7 Å². The minimum atomic E-state index is -0.966. The highest BCUT2D eigenvalue weighted by Crippen LogP contribution is 2.67. The summed E-state index contributed by atoms with van der Waals surface area (Å²) >= 11 is 1.55. The minimum Gasteiger partial charge on any atom is -0.396 e. The van der Waals surface area contributed by atoms with Gasteiger partial charge in [-0.15, -0.1) is 0 Å². The molecule has 2 heterocycles. The van der Waals surface area contributed by atoms with Crippen LogP contribution in [0.3, 0.4) is 0 Å². The van der Waals surface area contributed by atoms with Gasteiger partial charge in [0, 0.05) is 11.2 Å². The molecule has 26 heavy (non-hydrogen) atoms. The topological polar surface area (TPSA) is 130 Å². The lowest BCUT2D eigenvalue weighted by atomic mass is 10.0. The molecule has 0 radical (unpaired) electrons. The number of hydrogen-bond acceptors (Lipinski definition) is 8. The Labute approximate surface area is 155 Å². The third kappa shape index (κ3) is 2.60. The summed E-state index contributed by atoms with van der Waals surface area (Å²) in [5.41, 5.74) is 6.54. The Hall–Kier alpha value is -1.42. The van der Waals surface area contributed by atoms with E-state index in [-0.39, 0.29) is 18.6 Å². The van der Waals surface area contributed by atoms with Gasteiger partial charge >= 0.3 is 0 Å². The first-order valence-corrected chi connectivity index (χ1v) is 9.97. The summed E-state index contributed by atoms with van der Waals surface area (Å²) in [6.45, 7) is 4.21. The van der Waals surface area contributed by atoms with E-state index in [1.54, 1.807) is 22.7 Å². The SMILES string of the molecule is CC(C)CCSc1nc(N)c2ncn([C@H]3C(O)C(O)[C@]4(CO)C[C@H]34)c2n1. The number of nitrogen functional groups attached to an aromatic ring is 1. The second-order valence-corrected chi connectivity index (χ2v) is 8.94. The first-order valence-electron chi connectivity index (χ1n) is 8.99.